The minimum absolute atomic E-state index is 0.108. The standard InChI is InChI=1S/C34H40N4O6/c1-43-27-15-14-24-30(31(27)44-2)34(42)38-26-10-6-5-9-23(26)33(41)36(32(24)38)16-7-3-4-12-28(39)35-18-21-17-22(20-35)25-11-8-13-29(40)37(25)19-21/h5-6,9-10,14-15,21-22,25,32H,3-4,7-8,11-13,16-20H2,1-2H3/t21-,22+,25+,32-/m1/s1. The fraction of sp³-hybridized carbons (Fsp3) is 0.529. The molecule has 4 atom stereocenters. The van der Waals surface area contributed by atoms with Crippen molar-refractivity contribution < 1.29 is 28.7 Å². The second-order valence-electron chi connectivity index (χ2n) is 12.8. The largest absolute Gasteiger partial charge is 0.493 e. The normalized spacial score (nSPS) is 25.4. The summed E-state index contributed by atoms with van der Waals surface area (Å²) in [5, 5.41) is 0. The summed E-state index contributed by atoms with van der Waals surface area (Å²) in [5.41, 5.74) is 2.24. The van der Waals surface area contributed by atoms with E-state index in [2.05, 4.69) is 4.90 Å². The third kappa shape index (κ3) is 4.61. The fourth-order valence-corrected chi connectivity index (χ4v) is 8.36. The van der Waals surface area contributed by atoms with Crippen molar-refractivity contribution in [1.82, 2.24) is 14.7 Å². The Morgan fingerprint density at radius 2 is 1.77 bits per heavy atom. The number of nitrogens with zero attached hydrogens (tertiary/aromatic N) is 4. The number of benzene rings is 2. The lowest BCUT2D eigenvalue weighted by molar-refractivity contribution is -0.148. The van der Waals surface area contributed by atoms with Crippen LogP contribution in [0.1, 0.15) is 83.8 Å². The van der Waals surface area contributed by atoms with Gasteiger partial charge < -0.3 is 24.2 Å². The van der Waals surface area contributed by atoms with E-state index in [4.69, 9.17) is 9.47 Å². The van der Waals surface area contributed by atoms with Crippen LogP contribution in [0, 0.1) is 11.8 Å². The average Bonchev–Trinajstić information content (AvgIpc) is 3.34. The Labute approximate surface area is 257 Å². The maximum Gasteiger partial charge on any atom is 0.264 e. The molecule has 0 unspecified atom stereocenters. The highest BCUT2D eigenvalue weighted by molar-refractivity contribution is 6.18. The third-order valence-electron chi connectivity index (χ3n) is 10.3. The Morgan fingerprint density at radius 3 is 2.59 bits per heavy atom. The first-order chi connectivity index (χ1) is 21.4. The van der Waals surface area contributed by atoms with Crippen molar-refractivity contribution in [2.24, 2.45) is 11.8 Å². The molecule has 4 amide bonds. The van der Waals surface area contributed by atoms with Crippen molar-refractivity contribution in [2.45, 2.75) is 63.6 Å². The molecule has 2 bridgehead atoms. The summed E-state index contributed by atoms with van der Waals surface area (Å²) in [6, 6.07) is 11.2. The van der Waals surface area contributed by atoms with E-state index in [0.717, 1.165) is 57.3 Å². The molecule has 3 fully saturated rings. The van der Waals surface area contributed by atoms with Gasteiger partial charge in [0.25, 0.3) is 11.8 Å². The van der Waals surface area contributed by atoms with Crippen molar-refractivity contribution in [1.29, 1.82) is 0 Å². The van der Waals surface area contributed by atoms with Gasteiger partial charge in [-0.05, 0) is 62.1 Å². The quantitative estimate of drug-likeness (QED) is 0.421. The van der Waals surface area contributed by atoms with Crippen molar-refractivity contribution in [3.8, 4) is 11.5 Å². The Kier molecular flexibility index (Phi) is 7.46. The lowest BCUT2D eigenvalue weighted by Crippen LogP contribution is -2.61. The molecular formula is C34H40N4O6. The van der Waals surface area contributed by atoms with Crippen molar-refractivity contribution in [3.63, 3.8) is 0 Å². The first-order valence-corrected chi connectivity index (χ1v) is 16.0. The smallest absolute Gasteiger partial charge is 0.264 e. The number of unbranched alkanes of at least 4 members (excludes halogenated alkanes) is 2. The lowest BCUT2D eigenvalue weighted by atomic mass is 9.76. The average molecular weight is 601 g/mol. The molecule has 0 aromatic heterocycles. The van der Waals surface area contributed by atoms with E-state index in [1.165, 1.54) is 14.2 Å². The first-order valence-electron chi connectivity index (χ1n) is 16.0. The summed E-state index contributed by atoms with van der Waals surface area (Å²) >= 11 is 0. The predicted octanol–water partition coefficient (Wildman–Crippen LogP) is 4.24. The van der Waals surface area contributed by atoms with Gasteiger partial charge in [0.05, 0.1) is 31.0 Å². The second-order valence-corrected chi connectivity index (χ2v) is 12.8. The highest BCUT2D eigenvalue weighted by Gasteiger charge is 2.49. The van der Waals surface area contributed by atoms with E-state index in [-0.39, 0.29) is 17.7 Å². The molecule has 44 heavy (non-hydrogen) atoms. The molecule has 2 aromatic rings. The Bertz CT molecular complexity index is 1510. The zero-order valence-electron chi connectivity index (χ0n) is 25.5. The monoisotopic (exact) mass is 600 g/mol. The van der Waals surface area contributed by atoms with Crippen LogP contribution in [0.5, 0.6) is 11.5 Å². The van der Waals surface area contributed by atoms with Gasteiger partial charge in [-0.3, -0.25) is 24.1 Å². The molecule has 0 aliphatic carbocycles. The number of fused-ring (bicyclic) bond motifs is 9. The SMILES string of the molecule is COc1ccc2c(c1OC)C(=O)N1c3ccccc3C(=O)N(CCCCCC(=O)N3C[C@H]4C[C@@H](C3)[C@@H]3CCCC(=O)N3C4)[C@@H]21. The van der Waals surface area contributed by atoms with Gasteiger partial charge in [-0.1, -0.05) is 24.6 Å². The van der Waals surface area contributed by atoms with Crippen LogP contribution in [0.3, 0.4) is 0 Å². The molecule has 3 saturated heterocycles. The number of methoxy groups -OCH3 is 2. The van der Waals surface area contributed by atoms with Gasteiger partial charge in [0.15, 0.2) is 11.5 Å². The highest BCUT2D eigenvalue weighted by atomic mass is 16.5. The molecule has 0 spiro atoms. The second kappa shape index (κ2) is 11.4. The lowest BCUT2D eigenvalue weighted by Gasteiger charge is -2.52. The number of amides is 4. The van der Waals surface area contributed by atoms with Crippen molar-refractivity contribution in [2.75, 3.05) is 45.3 Å². The zero-order valence-corrected chi connectivity index (χ0v) is 25.5. The molecule has 2 aromatic carbocycles. The molecule has 0 saturated carbocycles. The summed E-state index contributed by atoms with van der Waals surface area (Å²) in [5.74, 6) is 1.77. The topological polar surface area (TPSA) is 99.7 Å². The number of hydrogen-bond acceptors (Lipinski definition) is 6. The van der Waals surface area contributed by atoms with Gasteiger partial charge in [0.2, 0.25) is 11.8 Å². The van der Waals surface area contributed by atoms with Gasteiger partial charge in [-0.2, -0.15) is 0 Å². The molecule has 232 valence electrons. The Balaban J connectivity index is 1.01. The van der Waals surface area contributed by atoms with Gasteiger partial charge in [0, 0.05) is 50.6 Å². The van der Waals surface area contributed by atoms with E-state index in [1.807, 2.05) is 29.2 Å². The summed E-state index contributed by atoms with van der Waals surface area (Å²) < 4.78 is 11.1. The van der Waals surface area contributed by atoms with Gasteiger partial charge in [0.1, 0.15) is 6.17 Å². The maximum absolute atomic E-state index is 13.9. The third-order valence-corrected chi connectivity index (χ3v) is 10.3. The van der Waals surface area contributed by atoms with Crippen molar-refractivity contribution in [3.05, 3.63) is 53.1 Å². The molecule has 0 N–H and O–H groups in total. The van der Waals surface area contributed by atoms with E-state index in [9.17, 15) is 19.2 Å². The van der Waals surface area contributed by atoms with Crippen LogP contribution in [0.2, 0.25) is 0 Å². The van der Waals surface area contributed by atoms with Gasteiger partial charge in [-0.25, -0.2) is 0 Å². The van der Waals surface area contributed by atoms with Crippen LogP contribution >= 0.6 is 0 Å². The number of hydrogen-bond donors (Lipinski definition) is 0. The molecule has 5 heterocycles. The number of carbonyl (C=O) groups is 4. The van der Waals surface area contributed by atoms with Crippen LogP contribution in [0.4, 0.5) is 5.69 Å². The van der Waals surface area contributed by atoms with E-state index in [1.54, 1.807) is 21.9 Å². The number of likely N-dealkylation sites (tertiary alicyclic amines) is 1. The number of para-hydroxylation sites is 1. The molecule has 7 rings (SSSR count). The van der Waals surface area contributed by atoms with Crippen LogP contribution in [0.25, 0.3) is 0 Å². The van der Waals surface area contributed by atoms with Crippen LogP contribution in [0.15, 0.2) is 36.4 Å². The molecular weight excluding hydrogens is 560 g/mol. The van der Waals surface area contributed by atoms with Crippen LogP contribution in [-0.2, 0) is 9.59 Å². The first kappa shape index (κ1) is 28.7. The Morgan fingerprint density at radius 1 is 0.932 bits per heavy atom. The molecule has 10 nitrogen and oxygen atoms in total. The van der Waals surface area contributed by atoms with Gasteiger partial charge >= 0.3 is 0 Å². The summed E-state index contributed by atoms with van der Waals surface area (Å²) in [6.45, 7) is 2.75. The van der Waals surface area contributed by atoms with Gasteiger partial charge in [-0.15, -0.1) is 0 Å². The summed E-state index contributed by atoms with van der Waals surface area (Å²) in [4.78, 5) is 61.0. The minimum atomic E-state index is -0.569. The summed E-state index contributed by atoms with van der Waals surface area (Å²) in [6.07, 6.45) is 5.96. The number of rotatable bonds is 8. The number of anilines is 1. The maximum atomic E-state index is 13.9. The zero-order chi connectivity index (χ0) is 30.5. The molecule has 5 aliphatic heterocycles. The van der Waals surface area contributed by atoms with Crippen LogP contribution in [-0.4, -0.2) is 84.8 Å². The van der Waals surface area contributed by atoms with E-state index < -0.39 is 6.17 Å². The highest BCUT2D eigenvalue weighted by Crippen LogP contribution is 2.49. The predicted molar refractivity (Wildman–Crippen MR) is 163 cm³/mol. The fourth-order valence-electron chi connectivity index (χ4n) is 8.36. The number of carbonyl (C=O) groups excluding carboxylic acids is 4. The number of piperidine rings is 3. The molecule has 5 aliphatic rings. The number of ether oxygens (including phenoxy) is 2. The van der Waals surface area contributed by atoms with Crippen molar-refractivity contribution >= 4 is 29.3 Å². The molecule has 10 heteroatoms. The van der Waals surface area contributed by atoms with E-state index >= 15 is 0 Å². The Hall–Kier alpha value is -4.08. The minimum Gasteiger partial charge on any atom is -0.493 e. The van der Waals surface area contributed by atoms with Crippen LogP contribution < -0.4 is 14.4 Å². The van der Waals surface area contributed by atoms with E-state index in [0.29, 0.717) is 77.9 Å². The molecule has 0 radical (unpaired) electrons. The summed E-state index contributed by atoms with van der Waals surface area (Å²) in [7, 11) is 3.05.